The lowest BCUT2D eigenvalue weighted by Crippen LogP contribution is -2.29. The maximum Gasteiger partial charge on any atom is 0.300 e. The van der Waals surface area contributed by atoms with Crippen LogP contribution in [0.2, 0.25) is 0 Å². The van der Waals surface area contributed by atoms with Gasteiger partial charge in [0.05, 0.1) is 24.3 Å². The van der Waals surface area contributed by atoms with Gasteiger partial charge in [-0.3, -0.25) is 14.5 Å². The largest absolute Gasteiger partial charge is 0.507 e. The Kier molecular flexibility index (Phi) is 5.94. The average molecular weight is 500 g/mol. The third-order valence-corrected chi connectivity index (χ3v) is 6.76. The Morgan fingerprint density at radius 1 is 1.00 bits per heavy atom. The summed E-state index contributed by atoms with van der Waals surface area (Å²) in [6, 6.07) is 17.3. The summed E-state index contributed by atoms with van der Waals surface area (Å²) in [6.07, 6.45) is 0. The molecule has 190 valence electrons. The fourth-order valence-electron chi connectivity index (χ4n) is 4.79. The maximum absolute atomic E-state index is 13.6. The normalized spacial score (nSPS) is 18.4. The number of carbonyl (C=O) groups is 2. The zero-order valence-corrected chi connectivity index (χ0v) is 21.5. The Bertz CT molecular complexity index is 1450. The van der Waals surface area contributed by atoms with E-state index < -0.39 is 17.7 Å². The molecule has 37 heavy (non-hydrogen) atoms. The van der Waals surface area contributed by atoms with Crippen LogP contribution in [0.15, 0.2) is 66.2 Å². The molecule has 7 heteroatoms. The smallest absolute Gasteiger partial charge is 0.300 e. The van der Waals surface area contributed by atoms with Crippen LogP contribution in [0.5, 0.6) is 17.2 Å². The number of benzene rings is 3. The fourth-order valence-corrected chi connectivity index (χ4v) is 4.79. The number of hydrogen-bond donors (Lipinski definition) is 1. The van der Waals surface area contributed by atoms with Crippen molar-refractivity contribution < 1.29 is 28.9 Å². The number of aliphatic hydroxyl groups is 1. The van der Waals surface area contributed by atoms with Gasteiger partial charge in [0, 0.05) is 11.8 Å². The van der Waals surface area contributed by atoms with Crippen LogP contribution in [0.4, 0.5) is 5.69 Å². The molecule has 1 unspecified atom stereocenters. The van der Waals surface area contributed by atoms with Gasteiger partial charge >= 0.3 is 0 Å². The number of rotatable bonds is 4. The molecule has 2 aliphatic rings. The number of fused-ring (bicyclic) bond motifs is 1. The van der Waals surface area contributed by atoms with Gasteiger partial charge in [0.2, 0.25) is 6.79 Å². The number of methoxy groups -OCH3 is 1. The minimum absolute atomic E-state index is 0.00220. The number of carbonyl (C=O) groups excluding carboxylic acids is 2. The summed E-state index contributed by atoms with van der Waals surface area (Å²) < 4.78 is 16.5. The monoisotopic (exact) mass is 499 g/mol. The van der Waals surface area contributed by atoms with E-state index in [1.807, 2.05) is 43.3 Å². The highest BCUT2D eigenvalue weighted by atomic mass is 16.7. The van der Waals surface area contributed by atoms with Gasteiger partial charge in [-0.25, -0.2) is 0 Å². The predicted molar refractivity (Wildman–Crippen MR) is 140 cm³/mol. The van der Waals surface area contributed by atoms with Gasteiger partial charge < -0.3 is 19.3 Å². The summed E-state index contributed by atoms with van der Waals surface area (Å²) in [6.45, 7) is 8.20. The average Bonchev–Trinajstić information content (AvgIpc) is 3.44. The molecule has 2 aliphatic heterocycles. The van der Waals surface area contributed by atoms with Gasteiger partial charge in [0.15, 0.2) is 11.5 Å². The Morgan fingerprint density at radius 2 is 1.76 bits per heavy atom. The van der Waals surface area contributed by atoms with Crippen molar-refractivity contribution in [3.8, 4) is 17.2 Å². The number of Topliss-reactive ketones (excluding diaryl/α,β-unsaturated/α-hetero) is 1. The van der Waals surface area contributed by atoms with Crippen LogP contribution in [0.1, 0.15) is 49.1 Å². The highest BCUT2D eigenvalue weighted by Gasteiger charge is 2.47. The van der Waals surface area contributed by atoms with Crippen LogP contribution in [0, 0.1) is 6.92 Å². The zero-order valence-electron chi connectivity index (χ0n) is 21.5. The number of hydrogen-bond acceptors (Lipinski definition) is 6. The highest BCUT2D eigenvalue weighted by Crippen LogP contribution is 2.46. The molecule has 7 nitrogen and oxygen atoms in total. The van der Waals surface area contributed by atoms with Crippen molar-refractivity contribution in [1.82, 2.24) is 0 Å². The summed E-state index contributed by atoms with van der Waals surface area (Å²) >= 11 is 0. The lowest BCUT2D eigenvalue weighted by molar-refractivity contribution is -0.132. The summed E-state index contributed by atoms with van der Waals surface area (Å²) in [5, 5.41) is 11.7. The van der Waals surface area contributed by atoms with Gasteiger partial charge in [-0.15, -0.1) is 0 Å². The van der Waals surface area contributed by atoms with Gasteiger partial charge in [-0.2, -0.15) is 0 Å². The van der Waals surface area contributed by atoms with Crippen LogP contribution < -0.4 is 19.1 Å². The van der Waals surface area contributed by atoms with Crippen molar-refractivity contribution in [3.05, 3.63) is 88.5 Å². The molecule has 0 radical (unpaired) electrons. The van der Waals surface area contributed by atoms with E-state index in [1.54, 1.807) is 24.3 Å². The standard InChI is InChI=1S/C30H29NO6/c1-17-7-6-8-18(13-17)26-25(27(32)21-14-19(30(2,3)4)9-11-22(21)35-5)28(33)29(34)31(26)20-10-12-23-24(15-20)37-16-36-23/h6-15,26,32H,16H2,1-5H3/b27-25+. The van der Waals surface area contributed by atoms with Crippen molar-refractivity contribution in [1.29, 1.82) is 0 Å². The van der Waals surface area contributed by atoms with E-state index in [4.69, 9.17) is 14.2 Å². The summed E-state index contributed by atoms with van der Waals surface area (Å²) in [5.74, 6) is -0.334. The molecule has 0 aliphatic carbocycles. The summed E-state index contributed by atoms with van der Waals surface area (Å²) in [7, 11) is 1.51. The zero-order chi connectivity index (χ0) is 26.5. The van der Waals surface area contributed by atoms with E-state index in [-0.39, 0.29) is 23.5 Å². The first-order chi connectivity index (χ1) is 17.6. The lowest BCUT2D eigenvalue weighted by Gasteiger charge is -2.26. The molecule has 1 amide bonds. The second kappa shape index (κ2) is 9.00. The van der Waals surface area contributed by atoms with E-state index in [9.17, 15) is 14.7 Å². The van der Waals surface area contributed by atoms with Crippen molar-refractivity contribution in [2.24, 2.45) is 0 Å². The van der Waals surface area contributed by atoms with Crippen LogP contribution in [-0.4, -0.2) is 30.7 Å². The first kappa shape index (κ1) is 24.4. The first-order valence-corrected chi connectivity index (χ1v) is 12.1. The van der Waals surface area contributed by atoms with Crippen molar-refractivity contribution in [2.75, 3.05) is 18.8 Å². The number of aliphatic hydroxyl groups excluding tert-OH is 1. The molecule has 1 atom stereocenters. The molecule has 1 N–H and O–H groups in total. The van der Waals surface area contributed by atoms with E-state index in [0.717, 1.165) is 11.1 Å². The van der Waals surface area contributed by atoms with Gasteiger partial charge in [0.1, 0.15) is 11.5 Å². The number of aryl methyl sites for hydroxylation is 1. The molecule has 5 rings (SSSR count). The molecule has 0 bridgehead atoms. The molecule has 2 heterocycles. The molecule has 3 aromatic carbocycles. The molecule has 0 spiro atoms. The van der Waals surface area contributed by atoms with E-state index in [0.29, 0.717) is 34.1 Å². The molecule has 0 aromatic heterocycles. The SMILES string of the molecule is COc1ccc(C(C)(C)C)cc1/C(O)=C1\C(=O)C(=O)N(c2ccc3c(c2)OCO3)C1c1cccc(C)c1. The minimum Gasteiger partial charge on any atom is -0.507 e. The third kappa shape index (κ3) is 4.20. The Balaban J connectivity index is 1.75. The van der Waals surface area contributed by atoms with Gasteiger partial charge in [0.25, 0.3) is 11.7 Å². The van der Waals surface area contributed by atoms with Crippen molar-refractivity contribution in [2.45, 2.75) is 39.2 Å². The Hall–Kier alpha value is -4.26. The number of nitrogens with zero attached hydrogens (tertiary/aromatic N) is 1. The molecule has 1 fully saturated rings. The van der Waals surface area contributed by atoms with Crippen molar-refractivity contribution >= 4 is 23.1 Å². The van der Waals surface area contributed by atoms with Crippen LogP contribution in [0.25, 0.3) is 5.76 Å². The number of anilines is 1. The summed E-state index contributed by atoms with van der Waals surface area (Å²) in [4.78, 5) is 28.5. The molecule has 0 saturated carbocycles. The Labute approximate surface area is 215 Å². The number of ketones is 1. The van der Waals surface area contributed by atoms with E-state index >= 15 is 0 Å². The highest BCUT2D eigenvalue weighted by molar-refractivity contribution is 6.51. The minimum atomic E-state index is -0.858. The molecule has 3 aromatic rings. The predicted octanol–water partition coefficient (Wildman–Crippen LogP) is 5.66. The van der Waals surface area contributed by atoms with E-state index in [1.165, 1.54) is 12.0 Å². The van der Waals surface area contributed by atoms with E-state index in [2.05, 4.69) is 20.8 Å². The maximum atomic E-state index is 13.6. The molecular weight excluding hydrogens is 470 g/mol. The first-order valence-electron chi connectivity index (χ1n) is 12.1. The number of ether oxygens (including phenoxy) is 3. The molecular formula is C30H29NO6. The quantitative estimate of drug-likeness (QED) is 0.283. The molecule has 1 saturated heterocycles. The summed E-state index contributed by atoms with van der Waals surface area (Å²) in [5.41, 5.74) is 3.22. The van der Waals surface area contributed by atoms with Crippen LogP contribution in [-0.2, 0) is 15.0 Å². The Morgan fingerprint density at radius 3 is 2.46 bits per heavy atom. The van der Waals surface area contributed by atoms with Crippen LogP contribution in [0.3, 0.4) is 0 Å². The second-order valence-electron chi connectivity index (χ2n) is 10.3. The fraction of sp³-hybridized carbons (Fsp3) is 0.267. The lowest BCUT2D eigenvalue weighted by atomic mass is 9.85. The number of amides is 1. The van der Waals surface area contributed by atoms with Gasteiger partial charge in [-0.1, -0.05) is 56.7 Å². The second-order valence-corrected chi connectivity index (χ2v) is 10.3. The van der Waals surface area contributed by atoms with Crippen molar-refractivity contribution in [3.63, 3.8) is 0 Å². The van der Waals surface area contributed by atoms with Crippen LogP contribution >= 0.6 is 0 Å². The van der Waals surface area contributed by atoms with Gasteiger partial charge in [-0.05, 0) is 47.7 Å². The third-order valence-electron chi connectivity index (χ3n) is 6.76. The topological polar surface area (TPSA) is 85.3 Å².